The zero-order chi connectivity index (χ0) is 23.6. The van der Waals surface area contributed by atoms with Gasteiger partial charge in [0.2, 0.25) is 10.0 Å². The van der Waals surface area contributed by atoms with Crippen LogP contribution in [0, 0.1) is 0 Å². The van der Waals surface area contributed by atoms with Crippen LogP contribution in [0.15, 0.2) is 58.8 Å². The standard InChI is InChI=1S/C25H31N3O3S2/c1-25(2,3)20-7-11-23(12-8-20)33(29,30)28-15-13-27(14-16-28)24-26-21(18-32-24)17-19-5-9-22(31-4)10-6-19/h5-12,18H,13-17H2,1-4H3. The molecule has 8 heteroatoms. The topological polar surface area (TPSA) is 62.7 Å². The van der Waals surface area contributed by atoms with Crippen LogP contribution in [0.25, 0.3) is 0 Å². The van der Waals surface area contributed by atoms with Crippen molar-refractivity contribution in [3.05, 3.63) is 70.7 Å². The first kappa shape index (κ1) is 23.7. The van der Waals surface area contributed by atoms with Crippen LogP contribution in [0.4, 0.5) is 5.13 Å². The molecule has 0 spiro atoms. The van der Waals surface area contributed by atoms with Gasteiger partial charge in [0.25, 0.3) is 0 Å². The second-order valence-electron chi connectivity index (χ2n) is 9.31. The van der Waals surface area contributed by atoms with Crippen LogP contribution in [0.3, 0.4) is 0 Å². The van der Waals surface area contributed by atoms with Gasteiger partial charge >= 0.3 is 0 Å². The molecule has 1 fully saturated rings. The van der Waals surface area contributed by atoms with E-state index in [2.05, 4.69) is 43.2 Å². The predicted octanol–water partition coefficient (Wildman–Crippen LogP) is 4.55. The van der Waals surface area contributed by atoms with Gasteiger partial charge in [-0.15, -0.1) is 11.3 Å². The molecule has 0 radical (unpaired) electrons. The quantitative estimate of drug-likeness (QED) is 0.513. The van der Waals surface area contributed by atoms with Gasteiger partial charge in [-0.2, -0.15) is 4.31 Å². The maximum atomic E-state index is 13.1. The van der Waals surface area contributed by atoms with Gasteiger partial charge in [0.15, 0.2) is 5.13 Å². The fourth-order valence-corrected chi connectivity index (χ4v) is 6.17. The number of ether oxygens (including phenoxy) is 1. The van der Waals surface area contributed by atoms with E-state index in [-0.39, 0.29) is 5.41 Å². The van der Waals surface area contributed by atoms with Crippen molar-refractivity contribution in [1.82, 2.24) is 9.29 Å². The van der Waals surface area contributed by atoms with E-state index in [1.54, 1.807) is 34.9 Å². The fourth-order valence-electron chi connectivity index (χ4n) is 3.87. The summed E-state index contributed by atoms with van der Waals surface area (Å²) in [6, 6.07) is 15.3. The Morgan fingerprint density at radius 3 is 2.18 bits per heavy atom. The molecule has 1 aromatic heterocycles. The Kier molecular flexibility index (Phi) is 6.79. The molecule has 4 rings (SSSR count). The maximum Gasteiger partial charge on any atom is 0.243 e. The predicted molar refractivity (Wildman–Crippen MR) is 134 cm³/mol. The van der Waals surface area contributed by atoms with E-state index in [9.17, 15) is 8.42 Å². The summed E-state index contributed by atoms with van der Waals surface area (Å²) in [5.41, 5.74) is 3.32. The molecule has 6 nitrogen and oxygen atoms in total. The number of sulfonamides is 1. The lowest BCUT2D eigenvalue weighted by Gasteiger charge is -2.33. The summed E-state index contributed by atoms with van der Waals surface area (Å²) in [6.45, 7) is 8.54. The molecule has 0 bridgehead atoms. The highest BCUT2D eigenvalue weighted by atomic mass is 32.2. The van der Waals surface area contributed by atoms with Crippen LogP contribution in [0.5, 0.6) is 5.75 Å². The summed E-state index contributed by atoms with van der Waals surface area (Å²) in [4.78, 5) is 7.33. The molecule has 2 heterocycles. The highest BCUT2D eigenvalue weighted by Crippen LogP contribution is 2.27. The van der Waals surface area contributed by atoms with E-state index < -0.39 is 10.0 Å². The van der Waals surface area contributed by atoms with Gasteiger partial charge in [-0.25, -0.2) is 13.4 Å². The van der Waals surface area contributed by atoms with Crippen LogP contribution in [-0.4, -0.2) is 51.0 Å². The number of thiazole rings is 1. The van der Waals surface area contributed by atoms with Crippen molar-refractivity contribution in [3.63, 3.8) is 0 Å². The van der Waals surface area contributed by atoms with E-state index in [1.165, 1.54) is 5.56 Å². The number of hydrogen-bond acceptors (Lipinski definition) is 6. The Balaban J connectivity index is 1.37. The lowest BCUT2D eigenvalue weighted by Crippen LogP contribution is -2.48. The third-order valence-electron chi connectivity index (χ3n) is 5.95. The van der Waals surface area contributed by atoms with E-state index in [1.807, 2.05) is 24.3 Å². The average molecular weight is 486 g/mol. The van der Waals surface area contributed by atoms with Gasteiger partial charge in [0.05, 0.1) is 17.7 Å². The summed E-state index contributed by atoms with van der Waals surface area (Å²) >= 11 is 1.61. The van der Waals surface area contributed by atoms with Crippen molar-refractivity contribution < 1.29 is 13.2 Å². The molecule has 176 valence electrons. The summed E-state index contributed by atoms with van der Waals surface area (Å²) < 4.78 is 33.1. The second kappa shape index (κ2) is 9.44. The van der Waals surface area contributed by atoms with Crippen molar-refractivity contribution in [2.24, 2.45) is 0 Å². The molecule has 0 atom stereocenters. The molecule has 1 aliphatic rings. The van der Waals surface area contributed by atoms with Gasteiger partial charge in [-0.1, -0.05) is 45.0 Å². The van der Waals surface area contributed by atoms with Crippen LogP contribution < -0.4 is 9.64 Å². The van der Waals surface area contributed by atoms with Gasteiger partial charge in [-0.05, 0) is 40.8 Å². The molecular weight excluding hydrogens is 454 g/mol. The molecule has 0 amide bonds. The van der Waals surface area contributed by atoms with E-state index in [0.717, 1.165) is 28.6 Å². The Morgan fingerprint density at radius 1 is 0.970 bits per heavy atom. The fraction of sp³-hybridized carbons (Fsp3) is 0.400. The zero-order valence-corrected chi connectivity index (χ0v) is 21.2. The maximum absolute atomic E-state index is 13.1. The molecule has 3 aromatic rings. The number of hydrogen-bond donors (Lipinski definition) is 0. The van der Waals surface area contributed by atoms with Crippen LogP contribution in [-0.2, 0) is 21.9 Å². The van der Waals surface area contributed by atoms with Crippen molar-refractivity contribution in [1.29, 1.82) is 0 Å². The van der Waals surface area contributed by atoms with Crippen molar-refractivity contribution in [2.45, 2.75) is 37.5 Å². The summed E-state index contributed by atoms with van der Waals surface area (Å²) in [5, 5.41) is 3.03. The Labute approximate surface area is 200 Å². The highest BCUT2D eigenvalue weighted by Gasteiger charge is 2.29. The third-order valence-corrected chi connectivity index (χ3v) is 8.81. The number of anilines is 1. The molecule has 0 N–H and O–H groups in total. The van der Waals surface area contributed by atoms with Gasteiger partial charge in [-0.3, -0.25) is 0 Å². The van der Waals surface area contributed by atoms with E-state index >= 15 is 0 Å². The third kappa shape index (κ3) is 5.39. The normalized spacial score (nSPS) is 15.6. The molecule has 2 aromatic carbocycles. The van der Waals surface area contributed by atoms with E-state index in [0.29, 0.717) is 31.1 Å². The van der Waals surface area contributed by atoms with Gasteiger partial charge in [0, 0.05) is 38.0 Å². The van der Waals surface area contributed by atoms with E-state index in [4.69, 9.17) is 9.72 Å². The molecule has 0 unspecified atom stereocenters. The summed E-state index contributed by atoms with van der Waals surface area (Å²) in [5.74, 6) is 0.843. The summed E-state index contributed by atoms with van der Waals surface area (Å²) in [7, 11) is -1.83. The number of nitrogens with zero attached hydrogens (tertiary/aromatic N) is 3. The van der Waals surface area contributed by atoms with Crippen LogP contribution >= 0.6 is 11.3 Å². The number of benzene rings is 2. The first-order chi connectivity index (χ1) is 15.7. The Hall–Kier alpha value is -2.42. The van der Waals surface area contributed by atoms with Crippen LogP contribution in [0.2, 0.25) is 0 Å². The Bertz CT molecular complexity index is 1170. The average Bonchev–Trinajstić information content (AvgIpc) is 3.27. The van der Waals surface area contributed by atoms with Gasteiger partial charge in [0.1, 0.15) is 5.75 Å². The van der Waals surface area contributed by atoms with Gasteiger partial charge < -0.3 is 9.64 Å². The minimum absolute atomic E-state index is 0.00610. The first-order valence-electron chi connectivity index (χ1n) is 11.1. The smallest absolute Gasteiger partial charge is 0.243 e. The monoisotopic (exact) mass is 485 g/mol. The molecule has 0 saturated carbocycles. The highest BCUT2D eigenvalue weighted by molar-refractivity contribution is 7.89. The summed E-state index contributed by atoms with van der Waals surface area (Å²) in [6.07, 6.45) is 0.763. The molecule has 0 aliphatic carbocycles. The number of aromatic nitrogens is 1. The molecule has 33 heavy (non-hydrogen) atoms. The van der Waals surface area contributed by atoms with Crippen molar-refractivity contribution in [2.75, 3.05) is 38.2 Å². The number of methoxy groups -OCH3 is 1. The Morgan fingerprint density at radius 2 is 1.61 bits per heavy atom. The minimum atomic E-state index is -3.49. The SMILES string of the molecule is COc1ccc(Cc2csc(N3CCN(S(=O)(=O)c4ccc(C(C)(C)C)cc4)CC3)n2)cc1. The largest absolute Gasteiger partial charge is 0.497 e. The molecule has 1 saturated heterocycles. The second-order valence-corrected chi connectivity index (χ2v) is 12.1. The zero-order valence-electron chi connectivity index (χ0n) is 19.6. The van der Waals surface area contributed by atoms with Crippen LogP contribution in [0.1, 0.15) is 37.6 Å². The molecule has 1 aliphatic heterocycles. The number of piperazine rings is 1. The van der Waals surface area contributed by atoms with Crippen molar-refractivity contribution >= 4 is 26.5 Å². The number of rotatable bonds is 6. The van der Waals surface area contributed by atoms with Crippen molar-refractivity contribution in [3.8, 4) is 5.75 Å². The lowest BCUT2D eigenvalue weighted by molar-refractivity contribution is 0.384. The minimum Gasteiger partial charge on any atom is -0.497 e. The molecular formula is C25H31N3O3S2. The lowest BCUT2D eigenvalue weighted by atomic mass is 9.87. The first-order valence-corrected chi connectivity index (χ1v) is 13.4.